The predicted octanol–water partition coefficient (Wildman–Crippen LogP) is 3.23. The molecule has 0 unspecified atom stereocenters. The summed E-state index contributed by atoms with van der Waals surface area (Å²) in [6, 6.07) is 13.4. The minimum absolute atomic E-state index is 0.0565. The molecule has 0 N–H and O–H groups in total. The molecule has 0 aliphatic rings. The van der Waals surface area contributed by atoms with Gasteiger partial charge in [0, 0.05) is 25.8 Å². The van der Waals surface area contributed by atoms with Crippen molar-refractivity contribution >= 4 is 27.6 Å². The van der Waals surface area contributed by atoms with Gasteiger partial charge in [-0.15, -0.1) is 0 Å². The van der Waals surface area contributed by atoms with Crippen LogP contribution in [0.15, 0.2) is 53.4 Å². The zero-order valence-corrected chi connectivity index (χ0v) is 18.8. The highest BCUT2D eigenvalue weighted by molar-refractivity contribution is 7.89. The first kappa shape index (κ1) is 23.6. The van der Waals surface area contributed by atoms with Crippen LogP contribution in [0.1, 0.15) is 36.7 Å². The number of anilines is 1. The number of hydrogen-bond acceptors (Lipinski definition) is 5. The quantitative estimate of drug-likeness (QED) is 0.598. The molecular weight excluding hydrogens is 404 g/mol. The monoisotopic (exact) mass is 432 g/mol. The number of amides is 1. The van der Waals surface area contributed by atoms with E-state index >= 15 is 0 Å². The summed E-state index contributed by atoms with van der Waals surface area (Å²) in [6.45, 7) is 7.32. The smallest absolute Gasteiger partial charge is 0.338 e. The van der Waals surface area contributed by atoms with Crippen LogP contribution in [-0.2, 0) is 19.6 Å². The van der Waals surface area contributed by atoms with Gasteiger partial charge in [-0.1, -0.05) is 38.1 Å². The Labute approximate surface area is 178 Å². The maximum atomic E-state index is 12.9. The van der Waals surface area contributed by atoms with E-state index in [-0.39, 0.29) is 10.5 Å². The van der Waals surface area contributed by atoms with E-state index in [0.29, 0.717) is 24.3 Å². The summed E-state index contributed by atoms with van der Waals surface area (Å²) in [5, 5.41) is 0. The topological polar surface area (TPSA) is 84.0 Å². The van der Waals surface area contributed by atoms with Crippen LogP contribution in [0.25, 0.3) is 0 Å². The molecule has 0 aliphatic heterocycles. The molecule has 0 spiro atoms. The molecule has 0 radical (unpaired) electrons. The Hall–Kier alpha value is -2.71. The predicted molar refractivity (Wildman–Crippen MR) is 116 cm³/mol. The van der Waals surface area contributed by atoms with E-state index < -0.39 is 28.0 Å². The Balaban J connectivity index is 2.22. The fraction of sp³-hybridized carbons (Fsp3) is 0.364. The number of nitrogens with zero attached hydrogens (tertiary/aromatic N) is 2. The largest absolute Gasteiger partial charge is 0.449 e. The van der Waals surface area contributed by atoms with Gasteiger partial charge in [-0.3, -0.25) is 4.79 Å². The van der Waals surface area contributed by atoms with E-state index in [1.54, 1.807) is 58.2 Å². The van der Waals surface area contributed by atoms with Crippen molar-refractivity contribution in [3.8, 4) is 0 Å². The van der Waals surface area contributed by atoms with Gasteiger partial charge in [0.25, 0.3) is 5.91 Å². The number of carbonyl (C=O) groups excluding carboxylic acids is 2. The zero-order chi connectivity index (χ0) is 22.5. The number of sulfonamides is 1. The average molecular weight is 433 g/mol. The fourth-order valence-corrected chi connectivity index (χ4v) is 4.75. The lowest BCUT2D eigenvalue weighted by Gasteiger charge is -2.22. The van der Waals surface area contributed by atoms with E-state index in [9.17, 15) is 18.0 Å². The molecule has 7 nitrogen and oxygen atoms in total. The van der Waals surface area contributed by atoms with Crippen LogP contribution in [0.3, 0.4) is 0 Å². The Morgan fingerprint density at radius 3 is 2.20 bits per heavy atom. The van der Waals surface area contributed by atoms with Crippen LogP contribution < -0.4 is 4.90 Å². The highest BCUT2D eigenvalue weighted by atomic mass is 32.2. The number of rotatable bonds is 8. The molecule has 1 atom stereocenters. The number of likely N-dealkylation sites (N-methyl/N-ethyl adjacent to an activating group) is 1. The fourth-order valence-electron chi connectivity index (χ4n) is 3.04. The van der Waals surface area contributed by atoms with E-state index in [1.807, 2.05) is 6.07 Å². The van der Waals surface area contributed by atoms with Gasteiger partial charge in [-0.25, -0.2) is 13.2 Å². The maximum absolute atomic E-state index is 12.9. The van der Waals surface area contributed by atoms with Crippen molar-refractivity contribution in [3.05, 3.63) is 59.7 Å². The Morgan fingerprint density at radius 2 is 1.63 bits per heavy atom. The van der Waals surface area contributed by atoms with Gasteiger partial charge in [0.1, 0.15) is 0 Å². The minimum atomic E-state index is -3.73. The summed E-state index contributed by atoms with van der Waals surface area (Å²) in [5.41, 5.74) is 1.29. The number of benzene rings is 2. The van der Waals surface area contributed by atoms with Gasteiger partial charge >= 0.3 is 5.97 Å². The molecule has 8 heteroatoms. The molecule has 30 heavy (non-hydrogen) atoms. The summed E-state index contributed by atoms with van der Waals surface area (Å²) in [5.74, 6) is -1.15. The van der Waals surface area contributed by atoms with Crippen molar-refractivity contribution in [2.45, 2.75) is 38.7 Å². The van der Waals surface area contributed by atoms with Crippen molar-refractivity contribution in [1.82, 2.24) is 4.31 Å². The van der Waals surface area contributed by atoms with Crippen molar-refractivity contribution < 1.29 is 22.7 Å². The van der Waals surface area contributed by atoms with Crippen molar-refractivity contribution in [2.75, 3.05) is 25.0 Å². The molecular formula is C22H28N2O5S. The number of esters is 1. The molecule has 0 heterocycles. The van der Waals surface area contributed by atoms with E-state index in [0.717, 1.165) is 0 Å². The molecule has 1 amide bonds. The Morgan fingerprint density at radius 1 is 1.03 bits per heavy atom. The van der Waals surface area contributed by atoms with Crippen molar-refractivity contribution in [2.24, 2.45) is 0 Å². The normalized spacial score (nSPS) is 12.5. The molecule has 2 aromatic rings. The molecule has 162 valence electrons. The lowest BCUT2D eigenvalue weighted by molar-refractivity contribution is -0.126. The number of ether oxygens (including phenoxy) is 1. The third-order valence-corrected chi connectivity index (χ3v) is 7.04. The second-order valence-corrected chi connectivity index (χ2v) is 8.76. The second-order valence-electron chi connectivity index (χ2n) is 6.85. The molecule has 0 aromatic heterocycles. The summed E-state index contributed by atoms with van der Waals surface area (Å²) in [7, 11) is -2.13. The molecule has 0 saturated carbocycles. The van der Waals surface area contributed by atoms with Crippen molar-refractivity contribution in [1.29, 1.82) is 0 Å². The third kappa shape index (κ3) is 5.06. The average Bonchev–Trinajstić information content (AvgIpc) is 2.73. The highest BCUT2D eigenvalue weighted by Crippen LogP contribution is 2.22. The van der Waals surface area contributed by atoms with Gasteiger partial charge in [-0.05, 0) is 43.7 Å². The van der Waals surface area contributed by atoms with E-state index in [2.05, 4.69) is 0 Å². The minimum Gasteiger partial charge on any atom is -0.449 e. The van der Waals surface area contributed by atoms with Crippen LogP contribution in [0, 0.1) is 6.92 Å². The van der Waals surface area contributed by atoms with E-state index in [1.165, 1.54) is 28.3 Å². The summed E-state index contributed by atoms with van der Waals surface area (Å²) < 4.78 is 32.4. The zero-order valence-electron chi connectivity index (χ0n) is 18.0. The number of aryl methyl sites for hydroxylation is 1. The van der Waals surface area contributed by atoms with Gasteiger partial charge < -0.3 is 9.64 Å². The van der Waals surface area contributed by atoms with Gasteiger partial charge in [0.05, 0.1) is 10.5 Å². The first-order valence-electron chi connectivity index (χ1n) is 9.77. The molecule has 0 saturated heterocycles. The van der Waals surface area contributed by atoms with Gasteiger partial charge in [0.15, 0.2) is 6.10 Å². The lowest BCUT2D eigenvalue weighted by atomic mass is 10.1. The number of para-hydroxylation sites is 1. The van der Waals surface area contributed by atoms with Crippen LogP contribution >= 0.6 is 0 Å². The number of hydrogen-bond donors (Lipinski definition) is 0. The summed E-state index contributed by atoms with van der Waals surface area (Å²) >= 11 is 0. The first-order chi connectivity index (χ1) is 14.1. The third-order valence-electron chi connectivity index (χ3n) is 4.85. The standard InChI is InChI=1S/C22H28N2O5S/c1-6-24(7-2)30(27,28)20-15-18(14-13-16(20)3)22(26)29-17(4)21(25)23(5)19-11-9-8-10-12-19/h8-15,17H,6-7H2,1-5H3/t17-/m1/s1. The molecule has 2 aromatic carbocycles. The van der Waals surface area contributed by atoms with Crippen LogP contribution in [0.5, 0.6) is 0 Å². The molecule has 2 rings (SSSR count). The SMILES string of the molecule is CCN(CC)S(=O)(=O)c1cc(C(=O)O[C@H](C)C(=O)N(C)c2ccccc2)ccc1C. The second kappa shape index (κ2) is 9.86. The van der Waals surface area contributed by atoms with E-state index in [4.69, 9.17) is 4.74 Å². The lowest BCUT2D eigenvalue weighted by Crippen LogP contribution is -2.37. The molecule has 0 fully saturated rings. The summed E-state index contributed by atoms with van der Waals surface area (Å²) in [6.07, 6.45) is -1.04. The van der Waals surface area contributed by atoms with Crippen molar-refractivity contribution in [3.63, 3.8) is 0 Å². The Kier molecular flexibility index (Phi) is 7.75. The molecule has 0 bridgehead atoms. The van der Waals surface area contributed by atoms with Gasteiger partial charge in [-0.2, -0.15) is 4.31 Å². The van der Waals surface area contributed by atoms with Crippen LogP contribution in [-0.4, -0.2) is 50.8 Å². The van der Waals surface area contributed by atoms with Crippen LogP contribution in [0.2, 0.25) is 0 Å². The maximum Gasteiger partial charge on any atom is 0.338 e. The summed E-state index contributed by atoms with van der Waals surface area (Å²) in [4.78, 5) is 26.7. The van der Waals surface area contributed by atoms with Gasteiger partial charge in [0.2, 0.25) is 10.0 Å². The van der Waals surface area contributed by atoms with Crippen LogP contribution in [0.4, 0.5) is 5.69 Å². The highest BCUT2D eigenvalue weighted by Gasteiger charge is 2.27. The number of carbonyl (C=O) groups is 2. The molecule has 0 aliphatic carbocycles. The Bertz CT molecular complexity index is 1000. The first-order valence-corrected chi connectivity index (χ1v) is 11.2.